The van der Waals surface area contributed by atoms with Crippen LogP contribution in [0.25, 0.3) is 0 Å². The zero-order valence-corrected chi connectivity index (χ0v) is 54.0. The predicted molar refractivity (Wildman–Crippen MR) is 348 cm³/mol. The van der Waals surface area contributed by atoms with Crippen LogP contribution in [0.4, 0.5) is 0 Å². The van der Waals surface area contributed by atoms with E-state index in [0.29, 0.717) is 23.0 Å². The Kier molecular flexibility index (Phi) is 26.7. The standard InChI is InChI=1S/C76H112O10/c1-5-9-13-17-21-25-29-33-37-41-55-59-45-60-56(42-38-34-30-26-22-18-14-10-6-2)65-48-66-58(44-40-36-32-28-24-20-16-12-8-4)62-46-61-57(43-39-35-31-27-23-19-15-11-7-3)64-47-63(55)73-71(77)74(64)84-53-81-69(61)50-70(62)82-54-86-76(66)72(78)75(65)85-52-80-68(60)49-67(59)79-51-83-73/h45-50,55-58,77-78H,5-44,51-54H2,1-4H3. The molecule has 476 valence electrons. The first-order valence-electron chi connectivity index (χ1n) is 35.6. The molecule has 4 aliphatic heterocycles. The Bertz CT molecular complexity index is 2330. The summed E-state index contributed by atoms with van der Waals surface area (Å²) in [5, 5.41) is 25.9. The van der Waals surface area contributed by atoms with Gasteiger partial charge in [0, 0.05) is 80.3 Å². The molecule has 8 bridgehead atoms. The number of phenolic OH excluding ortho intramolecular Hbond substituents is 2. The van der Waals surface area contributed by atoms with Gasteiger partial charge in [-0.25, -0.2) is 0 Å². The number of hydrogen-bond donors (Lipinski definition) is 2. The summed E-state index contributed by atoms with van der Waals surface area (Å²) in [7, 11) is 0. The maximum absolute atomic E-state index is 13.0. The van der Waals surface area contributed by atoms with Crippen molar-refractivity contribution in [1.82, 2.24) is 0 Å². The molecule has 0 spiro atoms. The molecule has 4 unspecified atom stereocenters. The van der Waals surface area contributed by atoms with Crippen LogP contribution >= 0.6 is 0 Å². The lowest BCUT2D eigenvalue weighted by atomic mass is 9.75. The van der Waals surface area contributed by atoms with E-state index in [1.165, 1.54) is 180 Å². The quantitative estimate of drug-likeness (QED) is 0.0417. The lowest BCUT2D eigenvalue weighted by Gasteiger charge is -2.35. The van der Waals surface area contributed by atoms with Crippen molar-refractivity contribution >= 4 is 0 Å². The maximum Gasteiger partial charge on any atom is 0.231 e. The Labute approximate surface area is 519 Å². The maximum atomic E-state index is 13.0. The first-order valence-corrected chi connectivity index (χ1v) is 35.6. The first-order chi connectivity index (χ1) is 42.4. The van der Waals surface area contributed by atoms with E-state index in [1.807, 2.05) is 0 Å². The molecule has 0 fully saturated rings. The van der Waals surface area contributed by atoms with Gasteiger partial charge in [0.15, 0.2) is 23.0 Å². The number of phenols is 2. The van der Waals surface area contributed by atoms with Crippen molar-refractivity contribution in [2.24, 2.45) is 0 Å². The smallest absolute Gasteiger partial charge is 0.231 e. The van der Waals surface area contributed by atoms with Crippen LogP contribution in [-0.4, -0.2) is 37.4 Å². The third-order valence-electron chi connectivity index (χ3n) is 19.9. The molecule has 0 saturated heterocycles. The van der Waals surface area contributed by atoms with Crippen LogP contribution in [0.5, 0.6) is 57.5 Å². The van der Waals surface area contributed by atoms with Crippen LogP contribution in [-0.2, 0) is 0 Å². The molecule has 4 aromatic rings. The molecule has 86 heavy (non-hydrogen) atoms. The van der Waals surface area contributed by atoms with Crippen molar-refractivity contribution in [3.63, 3.8) is 0 Å². The lowest BCUT2D eigenvalue weighted by Crippen LogP contribution is -2.22. The van der Waals surface area contributed by atoms with Gasteiger partial charge in [0.05, 0.1) is 0 Å². The molecule has 4 atom stereocenters. The number of benzene rings is 4. The number of ether oxygens (including phenoxy) is 8. The van der Waals surface area contributed by atoms with Crippen LogP contribution in [0.15, 0.2) is 36.4 Å². The van der Waals surface area contributed by atoms with Gasteiger partial charge in [0.2, 0.25) is 38.7 Å². The molecule has 0 saturated carbocycles. The summed E-state index contributed by atoms with van der Waals surface area (Å²) in [6, 6.07) is 13.7. The van der Waals surface area contributed by atoms with Crippen molar-refractivity contribution in [2.75, 3.05) is 27.2 Å². The zero-order chi connectivity index (χ0) is 59.7. The molecule has 0 radical (unpaired) electrons. The second-order valence-electron chi connectivity index (χ2n) is 26.3. The fraction of sp³-hybridized carbons (Fsp3) is 0.684. The molecule has 10 nitrogen and oxygen atoms in total. The average Bonchev–Trinajstić information content (AvgIpc) is 1.22. The van der Waals surface area contributed by atoms with Gasteiger partial charge < -0.3 is 48.1 Å². The van der Waals surface area contributed by atoms with Gasteiger partial charge in [0.25, 0.3) is 0 Å². The average molecular weight is 1190 g/mol. The van der Waals surface area contributed by atoms with Crippen molar-refractivity contribution in [1.29, 1.82) is 0 Å². The van der Waals surface area contributed by atoms with Gasteiger partial charge >= 0.3 is 0 Å². The highest BCUT2D eigenvalue weighted by atomic mass is 16.7. The Balaban J connectivity index is 1.20. The minimum absolute atomic E-state index is 0.0107. The van der Waals surface area contributed by atoms with Gasteiger partial charge in [-0.2, -0.15) is 0 Å². The summed E-state index contributed by atoms with van der Waals surface area (Å²) in [5.41, 5.74) is 8.14. The van der Waals surface area contributed by atoms with Gasteiger partial charge in [-0.1, -0.05) is 259 Å². The van der Waals surface area contributed by atoms with Crippen molar-refractivity contribution in [2.45, 2.75) is 308 Å². The zero-order valence-electron chi connectivity index (χ0n) is 54.0. The molecular weight excluding hydrogens is 1070 g/mol. The van der Waals surface area contributed by atoms with Gasteiger partial charge in [0.1, 0.15) is 23.0 Å². The molecule has 1 aliphatic carbocycles. The van der Waals surface area contributed by atoms with E-state index in [1.54, 1.807) is 0 Å². The SMILES string of the molecule is CCCCCCCCCCCC1c2cc3c4cc2OCOc2c1cc1c(c2O)OCOc2cc5c(cc2C1CCCCCCCCCCC)C(CCCCCCCCCCC)c1cc(c(c(O)c1OCO5)OCO4)C3CCCCCCCCCCC. The fourth-order valence-corrected chi connectivity index (χ4v) is 14.9. The van der Waals surface area contributed by atoms with Crippen LogP contribution < -0.4 is 37.9 Å². The summed E-state index contributed by atoms with van der Waals surface area (Å²) >= 11 is 0. The molecule has 9 rings (SSSR count). The number of rotatable bonds is 40. The molecular formula is C76H112O10. The highest BCUT2D eigenvalue weighted by Crippen LogP contribution is 2.59. The second-order valence-corrected chi connectivity index (χ2v) is 26.3. The van der Waals surface area contributed by atoms with Crippen molar-refractivity contribution < 1.29 is 48.1 Å². The highest BCUT2D eigenvalue weighted by Gasteiger charge is 2.40. The minimum Gasteiger partial charge on any atom is -0.502 e. The summed E-state index contributed by atoms with van der Waals surface area (Å²) < 4.78 is 53.7. The molecule has 10 heteroatoms. The molecule has 4 heterocycles. The summed E-state index contributed by atoms with van der Waals surface area (Å²) in [5.74, 6) is 3.81. The van der Waals surface area contributed by atoms with Crippen molar-refractivity contribution in [3.05, 3.63) is 80.9 Å². The molecule has 0 amide bonds. The fourth-order valence-electron chi connectivity index (χ4n) is 14.9. The Morgan fingerprint density at radius 3 is 0.640 bits per heavy atom. The predicted octanol–water partition coefficient (Wildman–Crippen LogP) is 22.5. The molecule has 2 N–H and O–H groups in total. The monoisotopic (exact) mass is 1180 g/mol. The first kappa shape index (κ1) is 65.3. The third-order valence-corrected chi connectivity index (χ3v) is 19.9. The third kappa shape index (κ3) is 17.2. The highest BCUT2D eigenvalue weighted by molar-refractivity contribution is 5.69. The van der Waals surface area contributed by atoms with E-state index < -0.39 is 0 Å². The normalized spacial score (nSPS) is 17.7. The minimum atomic E-state index is -0.194. The number of unbranched alkanes of at least 4 members (excludes halogenated alkanes) is 32. The summed E-state index contributed by atoms with van der Waals surface area (Å²) in [4.78, 5) is 0. The van der Waals surface area contributed by atoms with Crippen molar-refractivity contribution in [3.8, 4) is 57.5 Å². The van der Waals surface area contributed by atoms with Gasteiger partial charge in [-0.3, -0.25) is 0 Å². The van der Waals surface area contributed by atoms with Crippen LogP contribution in [0.1, 0.15) is 353 Å². The van der Waals surface area contributed by atoms with E-state index in [0.717, 1.165) is 145 Å². The lowest BCUT2D eigenvalue weighted by molar-refractivity contribution is 0.0922. The molecule has 5 aliphatic rings. The summed E-state index contributed by atoms with van der Waals surface area (Å²) in [6.07, 6.45) is 47.4. The van der Waals surface area contributed by atoms with E-state index in [4.69, 9.17) is 37.9 Å². The van der Waals surface area contributed by atoms with Crippen LogP contribution in [0.2, 0.25) is 0 Å². The van der Waals surface area contributed by atoms with Crippen LogP contribution in [0, 0.1) is 0 Å². The Hall–Kier alpha value is -5.12. The summed E-state index contributed by atoms with van der Waals surface area (Å²) in [6.45, 7) is 8.72. The topological polar surface area (TPSA) is 114 Å². The molecule has 0 aromatic heterocycles. The largest absolute Gasteiger partial charge is 0.502 e. The number of aromatic hydroxyl groups is 2. The van der Waals surface area contributed by atoms with E-state index >= 15 is 0 Å². The van der Waals surface area contributed by atoms with E-state index in [2.05, 4.69) is 64.1 Å². The molecule has 4 aromatic carbocycles. The Morgan fingerprint density at radius 1 is 0.244 bits per heavy atom. The Morgan fingerprint density at radius 2 is 0.430 bits per heavy atom. The van der Waals surface area contributed by atoms with E-state index in [9.17, 15) is 10.2 Å². The van der Waals surface area contributed by atoms with Gasteiger partial charge in [-0.05, 0) is 49.9 Å². The van der Waals surface area contributed by atoms with E-state index in [-0.39, 0.29) is 62.3 Å². The second kappa shape index (κ2) is 35.2. The number of hydrogen-bond acceptors (Lipinski definition) is 10. The van der Waals surface area contributed by atoms with Crippen LogP contribution in [0.3, 0.4) is 0 Å². The van der Waals surface area contributed by atoms with Gasteiger partial charge in [-0.15, -0.1) is 0 Å².